The summed E-state index contributed by atoms with van der Waals surface area (Å²) in [5, 5.41) is 31.5. The van der Waals surface area contributed by atoms with Crippen LogP contribution in [0.2, 0.25) is 0 Å². The Hall–Kier alpha value is -2.34. The van der Waals surface area contributed by atoms with Crippen LogP contribution in [0.15, 0.2) is 42.5 Å². The molecule has 0 amide bonds. The van der Waals surface area contributed by atoms with Gasteiger partial charge in [-0.1, -0.05) is 30.3 Å². The van der Waals surface area contributed by atoms with Gasteiger partial charge in [0, 0.05) is 5.56 Å². The summed E-state index contributed by atoms with van der Waals surface area (Å²) in [7, 11) is 0. The molecule has 1 atom stereocenters. The number of alkyl halides is 2. The normalized spacial score (nSPS) is 12.5. The lowest BCUT2D eigenvalue weighted by molar-refractivity contribution is 0.143. The van der Waals surface area contributed by atoms with Gasteiger partial charge in [0.25, 0.3) is 6.43 Å². The summed E-state index contributed by atoms with van der Waals surface area (Å²) in [4.78, 5) is 0. The number of nitrogens with one attached hydrogen (secondary N) is 1. The highest BCUT2D eigenvalue weighted by atomic mass is 19.3. The standard InChI is InChI=1S/C15H15F2NO3/c16-12(17)8-18-13(9-4-2-1-3-5-9)10-6-7-11(19)15(21)14(10)20/h1-7,12-13,18-21H,8H2. The van der Waals surface area contributed by atoms with Crippen molar-refractivity contribution < 1.29 is 24.1 Å². The number of halogens is 2. The van der Waals surface area contributed by atoms with Crippen LogP contribution in [0.25, 0.3) is 0 Å². The lowest BCUT2D eigenvalue weighted by Gasteiger charge is -2.21. The first-order valence-electron chi connectivity index (χ1n) is 6.31. The Labute approximate surface area is 120 Å². The maximum atomic E-state index is 12.5. The molecule has 1 unspecified atom stereocenters. The van der Waals surface area contributed by atoms with E-state index in [4.69, 9.17) is 0 Å². The Morgan fingerprint density at radius 2 is 1.57 bits per heavy atom. The molecule has 2 rings (SSSR count). The maximum Gasteiger partial charge on any atom is 0.250 e. The van der Waals surface area contributed by atoms with E-state index in [0.717, 1.165) is 0 Å². The number of hydrogen-bond acceptors (Lipinski definition) is 4. The van der Waals surface area contributed by atoms with Gasteiger partial charge in [0.2, 0.25) is 5.75 Å². The summed E-state index contributed by atoms with van der Waals surface area (Å²) < 4.78 is 24.9. The number of phenolic OH excluding ortho intramolecular Hbond substituents is 3. The van der Waals surface area contributed by atoms with Crippen molar-refractivity contribution in [3.05, 3.63) is 53.6 Å². The molecule has 0 spiro atoms. The predicted octanol–water partition coefficient (Wildman–Crippen LogP) is 2.75. The third-order valence-corrected chi connectivity index (χ3v) is 3.08. The van der Waals surface area contributed by atoms with Crippen LogP contribution in [-0.4, -0.2) is 28.3 Å². The molecular weight excluding hydrogens is 280 g/mol. The fourth-order valence-corrected chi connectivity index (χ4v) is 2.08. The van der Waals surface area contributed by atoms with Crippen LogP contribution < -0.4 is 5.32 Å². The Kier molecular flexibility index (Phi) is 4.59. The van der Waals surface area contributed by atoms with Crippen molar-refractivity contribution in [2.24, 2.45) is 0 Å². The Morgan fingerprint density at radius 3 is 2.19 bits per heavy atom. The summed E-state index contributed by atoms with van der Waals surface area (Å²) in [5.41, 5.74) is 0.857. The van der Waals surface area contributed by atoms with E-state index in [1.165, 1.54) is 12.1 Å². The van der Waals surface area contributed by atoms with Crippen molar-refractivity contribution in [2.75, 3.05) is 6.54 Å². The maximum absolute atomic E-state index is 12.5. The van der Waals surface area contributed by atoms with Crippen molar-refractivity contribution in [3.8, 4) is 17.2 Å². The molecule has 0 aliphatic heterocycles. The Bertz CT molecular complexity index is 605. The molecule has 21 heavy (non-hydrogen) atoms. The quantitative estimate of drug-likeness (QED) is 0.640. The molecular formula is C15H15F2NO3. The molecule has 0 saturated carbocycles. The molecule has 0 heterocycles. The second kappa shape index (κ2) is 6.41. The van der Waals surface area contributed by atoms with Crippen molar-refractivity contribution in [1.82, 2.24) is 5.32 Å². The van der Waals surface area contributed by atoms with Crippen LogP contribution >= 0.6 is 0 Å². The predicted molar refractivity (Wildman–Crippen MR) is 73.7 cm³/mol. The van der Waals surface area contributed by atoms with Crippen molar-refractivity contribution in [3.63, 3.8) is 0 Å². The van der Waals surface area contributed by atoms with Crippen LogP contribution in [0.1, 0.15) is 17.2 Å². The van der Waals surface area contributed by atoms with Gasteiger partial charge in [-0.3, -0.25) is 0 Å². The van der Waals surface area contributed by atoms with Crippen LogP contribution in [0.3, 0.4) is 0 Å². The first-order chi connectivity index (χ1) is 10.0. The number of hydrogen-bond donors (Lipinski definition) is 4. The van der Waals surface area contributed by atoms with Crippen LogP contribution in [0.4, 0.5) is 8.78 Å². The van der Waals surface area contributed by atoms with Gasteiger partial charge >= 0.3 is 0 Å². The van der Waals surface area contributed by atoms with Crippen molar-refractivity contribution in [1.29, 1.82) is 0 Å². The third kappa shape index (κ3) is 3.41. The van der Waals surface area contributed by atoms with Crippen LogP contribution in [0.5, 0.6) is 17.2 Å². The molecule has 6 heteroatoms. The molecule has 0 aromatic heterocycles. The zero-order valence-electron chi connectivity index (χ0n) is 11.0. The van der Waals surface area contributed by atoms with E-state index in [2.05, 4.69) is 5.32 Å². The van der Waals surface area contributed by atoms with Gasteiger partial charge in [0.1, 0.15) is 0 Å². The lowest BCUT2D eigenvalue weighted by Crippen LogP contribution is -2.27. The molecule has 4 nitrogen and oxygen atoms in total. The Balaban J connectivity index is 2.42. The summed E-state index contributed by atoms with van der Waals surface area (Å²) in [6.07, 6.45) is -2.55. The van der Waals surface area contributed by atoms with Crippen LogP contribution in [0, 0.1) is 0 Å². The fraction of sp³-hybridized carbons (Fsp3) is 0.200. The molecule has 0 aliphatic rings. The number of aromatic hydroxyl groups is 3. The van der Waals surface area contributed by atoms with E-state index in [-0.39, 0.29) is 5.56 Å². The van der Waals surface area contributed by atoms with Gasteiger partial charge in [-0.05, 0) is 17.7 Å². The van der Waals surface area contributed by atoms with Gasteiger partial charge < -0.3 is 20.6 Å². The minimum absolute atomic E-state index is 0.206. The van der Waals surface area contributed by atoms with Gasteiger partial charge in [0.05, 0.1) is 12.6 Å². The fourth-order valence-electron chi connectivity index (χ4n) is 2.08. The van der Waals surface area contributed by atoms with Gasteiger partial charge in [-0.15, -0.1) is 0 Å². The van der Waals surface area contributed by atoms with E-state index in [0.29, 0.717) is 5.56 Å². The highest BCUT2D eigenvalue weighted by molar-refractivity contribution is 5.55. The first-order valence-corrected chi connectivity index (χ1v) is 6.31. The molecule has 0 bridgehead atoms. The zero-order valence-corrected chi connectivity index (χ0v) is 11.0. The molecule has 2 aromatic rings. The van der Waals surface area contributed by atoms with Gasteiger partial charge in [-0.25, -0.2) is 8.78 Å². The number of phenols is 3. The highest BCUT2D eigenvalue weighted by Crippen LogP contribution is 2.41. The average Bonchev–Trinajstić information content (AvgIpc) is 2.48. The smallest absolute Gasteiger partial charge is 0.250 e. The monoisotopic (exact) mass is 295 g/mol. The first kappa shape index (κ1) is 15.1. The van der Waals surface area contributed by atoms with Gasteiger partial charge in [0.15, 0.2) is 11.5 Å². The molecule has 0 saturated heterocycles. The summed E-state index contributed by atoms with van der Waals surface area (Å²) >= 11 is 0. The second-order valence-corrected chi connectivity index (χ2v) is 4.51. The van der Waals surface area contributed by atoms with Gasteiger partial charge in [-0.2, -0.15) is 0 Å². The van der Waals surface area contributed by atoms with Crippen molar-refractivity contribution in [2.45, 2.75) is 12.5 Å². The van der Waals surface area contributed by atoms with E-state index in [1.807, 2.05) is 0 Å². The lowest BCUT2D eigenvalue weighted by atomic mass is 9.97. The SMILES string of the molecule is Oc1ccc(C(NCC(F)F)c2ccccc2)c(O)c1O. The van der Waals surface area contributed by atoms with E-state index < -0.39 is 36.3 Å². The molecule has 112 valence electrons. The molecule has 2 aromatic carbocycles. The number of benzene rings is 2. The minimum Gasteiger partial charge on any atom is -0.504 e. The molecule has 0 aliphatic carbocycles. The topological polar surface area (TPSA) is 72.7 Å². The summed E-state index contributed by atoms with van der Waals surface area (Å²) in [6.45, 7) is -0.569. The largest absolute Gasteiger partial charge is 0.504 e. The third-order valence-electron chi connectivity index (χ3n) is 3.08. The van der Waals surface area contributed by atoms with Crippen LogP contribution in [-0.2, 0) is 0 Å². The van der Waals surface area contributed by atoms with E-state index in [1.54, 1.807) is 30.3 Å². The highest BCUT2D eigenvalue weighted by Gasteiger charge is 2.21. The molecule has 4 N–H and O–H groups in total. The Morgan fingerprint density at radius 1 is 0.905 bits per heavy atom. The molecule has 0 radical (unpaired) electrons. The molecule has 0 fully saturated rings. The second-order valence-electron chi connectivity index (χ2n) is 4.51. The minimum atomic E-state index is -2.55. The zero-order chi connectivity index (χ0) is 15.4. The van der Waals surface area contributed by atoms with E-state index in [9.17, 15) is 24.1 Å². The summed E-state index contributed by atoms with van der Waals surface area (Å²) in [6, 6.07) is 10.5. The summed E-state index contributed by atoms with van der Waals surface area (Å²) in [5.74, 6) is -1.69. The number of rotatable bonds is 5. The van der Waals surface area contributed by atoms with E-state index >= 15 is 0 Å². The van der Waals surface area contributed by atoms with Crippen molar-refractivity contribution >= 4 is 0 Å². The average molecular weight is 295 g/mol.